The molecule has 0 aliphatic rings. The zero-order valence-corrected chi connectivity index (χ0v) is 13.3. The molecule has 112 valence electrons. The van der Waals surface area contributed by atoms with Crippen molar-refractivity contribution >= 4 is 33.7 Å². The van der Waals surface area contributed by atoms with Crippen LogP contribution in [0.1, 0.15) is 11.1 Å². The van der Waals surface area contributed by atoms with Gasteiger partial charge in [-0.3, -0.25) is 4.79 Å². The molecule has 22 heavy (non-hydrogen) atoms. The van der Waals surface area contributed by atoms with Gasteiger partial charge in [0.15, 0.2) is 5.84 Å². The highest BCUT2D eigenvalue weighted by Gasteiger charge is 2.05. The van der Waals surface area contributed by atoms with Crippen LogP contribution in [-0.2, 0) is 11.2 Å². The first kappa shape index (κ1) is 16.0. The van der Waals surface area contributed by atoms with Gasteiger partial charge in [-0.25, -0.2) is 0 Å². The fraction of sp³-hybridized carbons (Fsp3) is 0.0588. The summed E-state index contributed by atoms with van der Waals surface area (Å²) in [5.41, 5.74) is 1.83. The predicted molar refractivity (Wildman–Crippen MR) is 90.7 cm³/mol. The molecule has 1 amide bonds. The minimum Gasteiger partial charge on any atom is -0.409 e. The van der Waals surface area contributed by atoms with Gasteiger partial charge in [-0.1, -0.05) is 69.6 Å². The van der Waals surface area contributed by atoms with E-state index in [4.69, 9.17) is 5.21 Å². The standard InChI is InChI=1S/C17H15BrN2O2/c18-15-9-6-14(7-10-15)12-17(21)19-16(20-22)11-8-13-4-2-1-3-5-13/h1-11,22H,12H2,(H,19,20,21)/b11-8+. The fourth-order valence-corrected chi connectivity index (χ4v) is 2.08. The van der Waals surface area contributed by atoms with Gasteiger partial charge < -0.3 is 10.5 Å². The molecule has 0 radical (unpaired) electrons. The van der Waals surface area contributed by atoms with Crippen molar-refractivity contribution in [3.8, 4) is 0 Å². The Balaban J connectivity index is 1.94. The van der Waals surface area contributed by atoms with Crippen molar-refractivity contribution in [2.24, 2.45) is 5.16 Å². The van der Waals surface area contributed by atoms with Crippen LogP contribution >= 0.6 is 15.9 Å². The normalized spacial score (nSPS) is 11.6. The van der Waals surface area contributed by atoms with E-state index in [0.717, 1.165) is 15.6 Å². The van der Waals surface area contributed by atoms with E-state index >= 15 is 0 Å². The number of rotatable bonds is 4. The van der Waals surface area contributed by atoms with Gasteiger partial charge in [0.25, 0.3) is 0 Å². The lowest BCUT2D eigenvalue weighted by atomic mass is 10.1. The van der Waals surface area contributed by atoms with Crippen LogP contribution in [0.25, 0.3) is 6.08 Å². The molecule has 0 saturated heterocycles. The third-order valence-electron chi connectivity index (χ3n) is 2.89. The number of hydrogen-bond donors (Lipinski definition) is 2. The Bertz CT molecular complexity index is 680. The lowest BCUT2D eigenvalue weighted by Crippen LogP contribution is -2.30. The predicted octanol–water partition coefficient (Wildman–Crippen LogP) is 3.61. The van der Waals surface area contributed by atoms with Gasteiger partial charge in [0.05, 0.1) is 6.42 Å². The summed E-state index contributed by atoms with van der Waals surface area (Å²) >= 11 is 3.34. The summed E-state index contributed by atoms with van der Waals surface area (Å²) in [5.74, 6) is -0.140. The summed E-state index contributed by atoms with van der Waals surface area (Å²) in [6, 6.07) is 17.0. The minimum atomic E-state index is -0.243. The second kappa shape index (κ2) is 8.14. The summed E-state index contributed by atoms with van der Waals surface area (Å²) in [4.78, 5) is 11.9. The number of amides is 1. The van der Waals surface area contributed by atoms with Gasteiger partial charge in [-0.2, -0.15) is 0 Å². The number of carbonyl (C=O) groups is 1. The number of oxime groups is 1. The maximum absolute atomic E-state index is 11.9. The van der Waals surface area contributed by atoms with E-state index in [9.17, 15) is 4.79 Å². The average molecular weight is 359 g/mol. The first-order chi connectivity index (χ1) is 10.7. The van der Waals surface area contributed by atoms with Crippen LogP contribution in [0.3, 0.4) is 0 Å². The van der Waals surface area contributed by atoms with Gasteiger partial charge >= 0.3 is 0 Å². The SMILES string of the molecule is O=C(Cc1ccc(Br)cc1)NC(/C=C/c1ccccc1)=N/O. The van der Waals surface area contributed by atoms with Crippen LogP contribution in [0.2, 0.25) is 0 Å². The molecule has 0 bridgehead atoms. The Morgan fingerprint density at radius 1 is 1.14 bits per heavy atom. The quantitative estimate of drug-likeness (QED) is 0.379. The van der Waals surface area contributed by atoms with Crippen molar-refractivity contribution < 1.29 is 10.0 Å². The van der Waals surface area contributed by atoms with Crippen LogP contribution in [0.15, 0.2) is 70.3 Å². The van der Waals surface area contributed by atoms with E-state index in [1.54, 1.807) is 12.2 Å². The van der Waals surface area contributed by atoms with Gasteiger partial charge in [0.1, 0.15) is 0 Å². The summed E-state index contributed by atoms with van der Waals surface area (Å²) < 4.78 is 0.958. The molecule has 0 spiro atoms. The fourth-order valence-electron chi connectivity index (χ4n) is 1.81. The number of halogens is 1. The molecule has 4 nitrogen and oxygen atoms in total. The molecule has 0 aromatic heterocycles. The van der Waals surface area contributed by atoms with E-state index in [2.05, 4.69) is 26.4 Å². The van der Waals surface area contributed by atoms with Crippen molar-refractivity contribution in [2.45, 2.75) is 6.42 Å². The third kappa shape index (κ3) is 5.18. The Morgan fingerprint density at radius 2 is 1.82 bits per heavy atom. The first-order valence-electron chi connectivity index (χ1n) is 6.67. The average Bonchev–Trinajstić information content (AvgIpc) is 2.54. The lowest BCUT2D eigenvalue weighted by Gasteiger charge is -2.04. The summed E-state index contributed by atoms with van der Waals surface area (Å²) in [6.45, 7) is 0. The number of nitrogens with one attached hydrogen (secondary N) is 1. The number of hydrogen-bond acceptors (Lipinski definition) is 3. The molecule has 0 saturated carbocycles. The highest BCUT2D eigenvalue weighted by atomic mass is 79.9. The first-order valence-corrected chi connectivity index (χ1v) is 7.46. The highest BCUT2D eigenvalue weighted by Crippen LogP contribution is 2.10. The van der Waals surface area contributed by atoms with E-state index in [1.807, 2.05) is 54.6 Å². The maximum Gasteiger partial charge on any atom is 0.230 e. The zero-order valence-electron chi connectivity index (χ0n) is 11.7. The minimum absolute atomic E-state index is 0.103. The Kier molecular flexibility index (Phi) is 5.91. The van der Waals surface area contributed by atoms with Crippen molar-refractivity contribution in [2.75, 3.05) is 0 Å². The van der Waals surface area contributed by atoms with E-state index in [0.29, 0.717) is 0 Å². The third-order valence-corrected chi connectivity index (χ3v) is 3.42. The second-order valence-corrected chi connectivity index (χ2v) is 5.50. The second-order valence-electron chi connectivity index (χ2n) is 4.58. The van der Waals surface area contributed by atoms with Gasteiger partial charge in [0.2, 0.25) is 5.91 Å². The van der Waals surface area contributed by atoms with E-state index < -0.39 is 0 Å². The molecule has 0 aliphatic carbocycles. The highest BCUT2D eigenvalue weighted by molar-refractivity contribution is 9.10. The van der Waals surface area contributed by atoms with Crippen LogP contribution in [-0.4, -0.2) is 17.0 Å². The number of carbonyl (C=O) groups excluding carboxylic acids is 1. The molecular formula is C17H15BrN2O2. The molecule has 0 heterocycles. The number of benzene rings is 2. The lowest BCUT2D eigenvalue weighted by molar-refractivity contribution is -0.119. The van der Waals surface area contributed by atoms with Gasteiger partial charge in [-0.05, 0) is 29.3 Å². The number of nitrogens with zero attached hydrogens (tertiary/aromatic N) is 1. The molecule has 5 heteroatoms. The van der Waals surface area contributed by atoms with Crippen molar-refractivity contribution in [1.82, 2.24) is 5.32 Å². The Hall–Kier alpha value is -2.40. The molecular weight excluding hydrogens is 344 g/mol. The van der Waals surface area contributed by atoms with Crippen LogP contribution in [0.4, 0.5) is 0 Å². The molecule has 2 aromatic carbocycles. The van der Waals surface area contributed by atoms with Gasteiger partial charge in [0, 0.05) is 4.47 Å². The maximum atomic E-state index is 11.9. The smallest absolute Gasteiger partial charge is 0.230 e. The molecule has 2 aromatic rings. The summed E-state index contributed by atoms with van der Waals surface area (Å²) in [5, 5.41) is 14.6. The largest absolute Gasteiger partial charge is 0.409 e. The topological polar surface area (TPSA) is 61.7 Å². The molecule has 2 N–H and O–H groups in total. The van der Waals surface area contributed by atoms with Crippen molar-refractivity contribution in [3.05, 3.63) is 76.3 Å². The van der Waals surface area contributed by atoms with Crippen LogP contribution in [0, 0.1) is 0 Å². The number of amidine groups is 1. The van der Waals surface area contributed by atoms with Gasteiger partial charge in [-0.15, -0.1) is 0 Å². The Labute approximate surface area is 137 Å². The zero-order chi connectivity index (χ0) is 15.8. The molecule has 2 rings (SSSR count). The van der Waals surface area contributed by atoms with Crippen molar-refractivity contribution in [3.63, 3.8) is 0 Å². The molecule has 0 unspecified atom stereocenters. The monoisotopic (exact) mass is 358 g/mol. The Morgan fingerprint density at radius 3 is 2.45 bits per heavy atom. The van der Waals surface area contributed by atoms with Crippen LogP contribution in [0.5, 0.6) is 0 Å². The van der Waals surface area contributed by atoms with Crippen LogP contribution < -0.4 is 5.32 Å². The van der Waals surface area contributed by atoms with Crippen molar-refractivity contribution in [1.29, 1.82) is 0 Å². The molecule has 0 atom stereocenters. The molecule has 0 fully saturated rings. The summed E-state index contributed by atoms with van der Waals surface area (Å²) in [7, 11) is 0. The molecule has 0 aliphatic heterocycles. The van der Waals surface area contributed by atoms with E-state index in [-0.39, 0.29) is 18.2 Å². The summed E-state index contributed by atoms with van der Waals surface area (Å²) in [6.07, 6.45) is 3.52. The van der Waals surface area contributed by atoms with E-state index in [1.165, 1.54) is 0 Å².